The molecule has 1 aromatic carbocycles. The molecule has 0 atom stereocenters. The summed E-state index contributed by atoms with van der Waals surface area (Å²) >= 11 is 0. The first kappa shape index (κ1) is 17.9. The number of carbonyl (C=O) groups is 1. The van der Waals surface area contributed by atoms with Gasteiger partial charge in [0.2, 0.25) is 0 Å². The lowest BCUT2D eigenvalue weighted by molar-refractivity contribution is 0.0950. The number of aromatic nitrogens is 3. The van der Waals surface area contributed by atoms with E-state index in [-0.39, 0.29) is 5.91 Å². The van der Waals surface area contributed by atoms with Gasteiger partial charge in [0, 0.05) is 19.3 Å². The van der Waals surface area contributed by atoms with Crippen molar-refractivity contribution in [3.05, 3.63) is 71.7 Å². The van der Waals surface area contributed by atoms with Gasteiger partial charge in [-0.15, -0.1) is 0 Å². The molecule has 142 valence electrons. The Labute approximate surface area is 163 Å². The summed E-state index contributed by atoms with van der Waals surface area (Å²) in [6.07, 6.45) is 5.58. The van der Waals surface area contributed by atoms with Crippen LogP contribution in [-0.2, 0) is 0 Å². The summed E-state index contributed by atoms with van der Waals surface area (Å²) in [5.41, 5.74) is 5.66. The predicted octanol–water partition coefficient (Wildman–Crippen LogP) is 2.94. The average molecular weight is 374 g/mol. The average Bonchev–Trinajstić information content (AvgIpc) is 3.37. The Kier molecular flexibility index (Phi) is 5.14. The zero-order valence-corrected chi connectivity index (χ0v) is 15.7. The van der Waals surface area contributed by atoms with Gasteiger partial charge in [-0.25, -0.2) is 10.1 Å². The molecule has 0 aliphatic carbocycles. The fourth-order valence-corrected chi connectivity index (χ4v) is 3.37. The molecule has 0 saturated carbocycles. The first-order chi connectivity index (χ1) is 13.7. The molecule has 1 saturated heterocycles. The number of rotatable bonds is 5. The summed E-state index contributed by atoms with van der Waals surface area (Å²) in [6.45, 7) is 3.93. The van der Waals surface area contributed by atoms with Crippen molar-refractivity contribution in [1.29, 1.82) is 0 Å². The van der Waals surface area contributed by atoms with E-state index < -0.39 is 0 Å². The van der Waals surface area contributed by atoms with E-state index in [1.807, 2.05) is 41.9 Å². The summed E-state index contributed by atoms with van der Waals surface area (Å²) in [5.74, 6) is 0.671. The van der Waals surface area contributed by atoms with Crippen molar-refractivity contribution < 1.29 is 4.79 Å². The molecule has 1 N–H and O–H groups in total. The normalized spacial score (nSPS) is 14.0. The number of benzene rings is 1. The van der Waals surface area contributed by atoms with Crippen LogP contribution in [0.2, 0.25) is 0 Å². The maximum Gasteiger partial charge on any atom is 0.289 e. The van der Waals surface area contributed by atoms with Crippen molar-refractivity contribution in [2.24, 2.45) is 5.10 Å². The highest BCUT2D eigenvalue weighted by molar-refractivity contribution is 5.94. The Bertz CT molecular complexity index is 975. The zero-order valence-electron chi connectivity index (χ0n) is 15.7. The SMILES string of the molecule is Cc1nn(-c2ccccc2)c(N2CCCC2)c1/C=N/NC(=O)c1ccccn1. The summed E-state index contributed by atoms with van der Waals surface area (Å²) in [4.78, 5) is 18.5. The summed E-state index contributed by atoms with van der Waals surface area (Å²) < 4.78 is 1.96. The van der Waals surface area contributed by atoms with E-state index in [0.717, 1.165) is 48.7 Å². The molecule has 7 nitrogen and oxygen atoms in total. The number of hydrogen-bond acceptors (Lipinski definition) is 5. The minimum Gasteiger partial charge on any atom is -0.356 e. The lowest BCUT2D eigenvalue weighted by atomic mass is 10.2. The molecule has 3 aromatic rings. The van der Waals surface area contributed by atoms with Crippen LogP contribution in [-0.4, -0.2) is 40.0 Å². The van der Waals surface area contributed by atoms with Gasteiger partial charge in [0.25, 0.3) is 5.91 Å². The number of nitrogens with one attached hydrogen (secondary N) is 1. The summed E-state index contributed by atoms with van der Waals surface area (Å²) in [5, 5.41) is 8.91. The molecule has 28 heavy (non-hydrogen) atoms. The highest BCUT2D eigenvalue weighted by atomic mass is 16.2. The molecule has 1 amide bonds. The van der Waals surface area contributed by atoms with E-state index in [9.17, 15) is 4.79 Å². The first-order valence-corrected chi connectivity index (χ1v) is 9.38. The predicted molar refractivity (Wildman–Crippen MR) is 109 cm³/mol. The maximum atomic E-state index is 12.2. The molecular weight excluding hydrogens is 352 g/mol. The molecular formula is C21H22N6O. The summed E-state index contributed by atoms with van der Waals surface area (Å²) in [7, 11) is 0. The molecule has 2 aromatic heterocycles. The van der Waals surface area contributed by atoms with Crippen LogP contribution in [0.15, 0.2) is 59.8 Å². The number of nitrogens with zero attached hydrogens (tertiary/aromatic N) is 5. The number of amides is 1. The lowest BCUT2D eigenvalue weighted by Gasteiger charge is -2.20. The molecule has 0 spiro atoms. The van der Waals surface area contributed by atoms with Gasteiger partial charge >= 0.3 is 0 Å². The number of pyridine rings is 1. The van der Waals surface area contributed by atoms with Crippen LogP contribution in [0, 0.1) is 6.92 Å². The van der Waals surface area contributed by atoms with Gasteiger partial charge in [-0.05, 0) is 44.0 Å². The highest BCUT2D eigenvalue weighted by Gasteiger charge is 2.23. The van der Waals surface area contributed by atoms with E-state index in [2.05, 4.69) is 20.4 Å². The number of hydrazone groups is 1. The van der Waals surface area contributed by atoms with Crippen molar-refractivity contribution >= 4 is 17.9 Å². The number of carbonyl (C=O) groups excluding carboxylic acids is 1. The Hall–Kier alpha value is -3.48. The molecule has 4 rings (SSSR count). The maximum absolute atomic E-state index is 12.2. The Morgan fingerprint density at radius 2 is 1.86 bits per heavy atom. The van der Waals surface area contributed by atoms with Crippen molar-refractivity contribution in [2.75, 3.05) is 18.0 Å². The monoisotopic (exact) mass is 374 g/mol. The molecule has 0 radical (unpaired) electrons. The van der Waals surface area contributed by atoms with Crippen LogP contribution in [0.25, 0.3) is 5.69 Å². The van der Waals surface area contributed by atoms with Gasteiger partial charge in [-0.3, -0.25) is 9.78 Å². The van der Waals surface area contributed by atoms with E-state index in [1.165, 1.54) is 0 Å². The van der Waals surface area contributed by atoms with Crippen LogP contribution in [0.1, 0.15) is 34.6 Å². The fourth-order valence-electron chi connectivity index (χ4n) is 3.37. The lowest BCUT2D eigenvalue weighted by Crippen LogP contribution is -2.23. The van der Waals surface area contributed by atoms with E-state index in [0.29, 0.717) is 5.69 Å². The number of hydrogen-bond donors (Lipinski definition) is 1. The van der Waals surface area contributed by atoms with Crippen molar-refractivity contribution in [3.63, 3.8) is 0 Å². The minimum absolute atomic E-state index is 0.330. The van der Waals surface area contributed by atoms with Gasteiger partial charge in [0.15, 0.2) is 0 Å². The van der Waals surface area contributed by atoms with Crippen molar-refractivity contribution in [2.45, 2.75) is 19.8 Å². The molecule has 1 aliphatic heterocycles. The molecule has 3 heterocycles. The zero-order chi connectivity index (χ0) is 19.3. The molecule has 1 aliphatic rings. The molecule has 7 heteroatoms. The second-order valence-electron chi connectivity index (χ2n) is 6.68. The van der Waals surface area contributed by atoms with Gasteiger partial charge in [-0.1, -0.05) is 24.3 Å². The van der Waals surface area contributed by atoms with Gasteiger partial charge in [0.1, 0.15) is 11.5 Å². The minimum atomic E-state index is -0.340. The van der Waals surface area contributed by atoms with Crippen molar-refractivity contribution in [1.82, 2.24) is 20.2 Å². The quantitative estimate of drug-likeness (QED) is 0.550. The Morgan fingerprint density at radius 1 is 1.11 bits per heavy atom. The van der Waals surface area contributed by atoms with Crippen LogP contribution in [0.4, 0.5) is 5.82 Å². The van der Waals surface area contributed by atoms with Crippen LogP contribution < -0.4 is 10.3 Å². The molecule has 1 fully saturated rings. The Morgan fingerprint density at radius 3 is 2.57 bits per heavy atom. The number of para-hydroxylation sites is 1. The third kappa shape index (κ3) is 3.64. The van der Waals surface area contributed by atoms with Crippen LogP contribution in [0.5, 0.6) is 0 Å². The van der Waals surface area contributed by atoms with Gasteiger partial charge in [-0.2, -0.15) is 10.2 Å². The summed E-state index contributed by atoms with van der Waals surface area (Å²) in [6, 6.07) is 15.3. The van der Waals surface area contributed by atoms with E-state index in [1.54, 1.807) is 30.6 Å². The first-order valence-electron chi connectivity index (χ1n) is 9.38. The topological polar surface area (TPSA) is 75.4 Å². The fraction of sp³-hybridized carbons (Fsp3) is 0.238. The van der Waals surface area contributed by atoms with Crippen LogP contribution in [0.3, 0.4) is 0 Å². The smallest absolute Gasteiger partial charge is 0.289 e. The third-order valence-corrected chi connectivity index (χ3v) is 4.74. The second-order valence-corrected chi connectivity index (χ2v) is 6.68. The number of aryl methyl sites for hydroxylation is 1. The highest BCUT2D eigenvalue weighted by Crippen LogP contribution is 2.28. The standard InChI is InChI=1S/C21H22N6O/c1-16-18(15-23-24-20(28)19-11-5-6-12-22-19)21(26-13-7-8-14-26)27(25-16)17-9-3-2-4-10-17/h2-6,9-12,15H,7-8,13-14H2,1H3,(H,24,28)/b23-15+. The van der Waals surface area contributed by atoms with E-state index >= 15 is 0 Å². The van der Waals surface area contributed by atoms with Crippen molar-refractivity contribution in [3.8, 4) is 5.69 Å². The third-order valence-electron chi connectivity index (χ3n) is 4.74. The molecule has 0 bridgehead atoms. The van der Waals surface area contributed by atoms with E-state index in [4.69, 9.17) is 5.10 Å². The Balaban J connectivity index is 1.64. The van der Waals surface area contributed by atoms with Gasteiger partial charge in [0.05, 0.1) is 23.2 Å². The van der Waals surface area contributed by atoms with Crippen LogP contribution >= 0.6 is 0 Å². The largest absolute Gasteiger partial charge is 0.356 e. The number of anilines is 1. The van der Waals surface area contributed by atoms with Gasteiger partial charge < -0.3 is 4.90 Å². The molecule has 0 unspecified atom stereocenters. The second kappa shape index (κ2) is 8.04.